The van der Waals surface area contributed by atoms with Gasteiger partial charge in [-0.15, -0.1) is 10.2 Å². The predicted octanol–water partition coefficient (Wildman–Crippen LogP) is 3.06. The van der Waals surface area contributed by atoms with Crippen LogP contribution in [0.4, 0.5) is 5.13 Å². The lowest BCUT2D eigenvalue weighted by Crippen LogP contribution is -2.35. The molecule has 1 saturated carbocycles. The Labute approximate surface area is 174 Å². The van der Waals surface area contributed by atoms with Crippen molar-refractivity contribution >= 4 is 28.3 Å². The fourth-order valence-corrected chi connectivity index (χ4v) is 4.87. The van der Waals surface area contributed by atoms with E-state index < -0.39 is 0 Å². The molecule has 8 heteroatoms. The summed E-state index contributed by atoms with van der Waals surface area (Å²) >= 11 is 1.40. The number of nitrogens with zero attached hydrogens (tertiary/aromatic N) is 3. The number of likely N-dealkylation sites (tertiary alicyclic amines) is 1. The van der Waals surface area contributed by atoms with Crippen molar-refractivity contribution in [2.24, 2.45) is 5.92 Å². The molecule has 0 radical (unpaired) electrons. The summed E-state index contributed by atoms with van der Waals surface area (Å²) in [5.41, 5.74) is 1.20. The predicted molar refractivity (Wildman–Crippen MR) is 111 cm³/mol. The quantitative estimate of drug-likeness (QED) is 0.753. The van der Waals surface area contributed by atoms with E-state index in [9.17, 15) is 9.59 Å². The second-order valence-corrected chi connectivity index (χ2v) is 8.79. The van der Waals surface area contributed by atoms with Gasteiger partial charge in [0.2, 0.25) is 16.9 Å². The van der Waals surface area contributed by atoms with E-state index in [0.717, 1.165) is 36.4 Å². The number of nitrogens with one attached hydrogen (secondary N) is 1. The molecule has 2 fully saturated rings. The lowest BCUT2D eigenvalue weighted by Gasteiger charge is -2.23. The molecule has 1 aliphatic carbocycles. The molecule has 2 amide bonds. The molecule has 4 rings (SSSR count). The largest absolute Gasteiger partial charge is 0.497 e. The molecule has 1 aromatic carbocycles. The van der Waals surface area contributed by atoms with E-state index in [-0.39, 0.29) is 17.7 Å². The highest BCUT2D eigenvalue weighted by Gasteiger charge is 2.38. The molecule has 1 aromatic heterocycles. The van der Waals surface area contributed by atoms with E-state index in [1.807, 2.05) is 29.2 Å². The van der Waals surface area contributed by atoms with Crippen LogP contribution in [-0.2, 0) is 22.4 Å². The highest BCUT2D eigenvalue weighted by atomic mass is 32.1. The number of carbonyl (C=O) groups is 2. The summed E-state index contributed by atoms with van der Waals surface area (Å²) < 4.78 is 5.17. The smallest absolute Gasteiger partial charge is 0.231 e. The molecule has 29 heavy (non-hydrogen) atoms. The number of ether oxygens (including phenoxy) is 1. The highest BCUT2D eigenvalue weighted by molar-refractivity contribution is 7.15. The number of anilines is 1. The summed E-state index contributed by atoms with van der Waals surface area (Å²) in [7, 11) is 1.65. The second kappa shape index (κ2) is 8.90. The van der Waals surface area contributed by atoms with Crippen LogP contribution < -0.4 is 10.1 Å². The van der Waals surface area contributed by atoms with Gasteiger partial charge in [0.05, 0.1) is 13.0 Å². The van der Waals surface area contributed by atoms with E-state index in [2.05, 4.69) is 15.5 Å². The lowest BCUT2D eigenvalue weighted by molar-refractivity contribution is -0.129. The topological polar surface area (TPSA) is 84.4 Å². The zero-order chi connectivity index (χ0) is 20.2. The van der Waals surface area contributed by atoms with Gasteiger partial charge in [-0.05, 0) is 37.0 Å². The Hall–Kier alpha value is -2.48. The molecule has 0 unspecified atom stereocenters. The third-order valence-corrected chi connectivity index (χ3v) is 6.68. The van der Waals surface area contributed by atoms with Gasteiger partial charge in [-0.3, -0.25) is 9.59 Å². The summed E-state index contributed by atoms with van der Waals surface area (Å²) in [6.45, 7) is 0.526. The van der Waals surface area contributed by atoms with Crippen LogP contribution in [0.15, 0.2) is 24.3 Å². The van der Waals surface area contributed by atoms with Crippen molar-refractivity contribution in [1.82, 2.24) is 15.1 Å². The number of aromatic nitrogens is 2. The Bertz CT molecular complexity index is 861. The van der Waals surface area contributed by atoms with Gasteiger partial charge in [0, 0.05) is 25.4 Å². The zero-order valence-electron chi connectivity index (χ0n) is 16.6. The van der Waals surface area contributed by atoms with Crippen molar-refractivity contribution in [1.29, 1.82) is 0 Å². The first kappa shape index (κ1) is 19.8. The maximum atomic E-state index is 12.6. The van der Waals surface area contributed by atoms with Crippen LogP contribution in [0.2, 0.25) is 0 Å². The molecule has 2 heterocycles. The fourth-order valence-electron chi connectivity index (χ4n) is 4.13. The number of hydrogen-bond donors (Lipinski definition) is 1. The Morgan fingerprint density at radius 3 is 2.69 bits per heavy atom. The minimum atomic E-state index is -0.297. The molecule has 1 N–H and O–H groups in total. The molecule has 0 spiro atoms. The maximum absolute atomic E-state index is 12.6. The molecule has 1 aliphatic heterocycles. The van der Waals surface area contributed by atoms with Crippen LogP contribution in [0.5, 0.6) is 5.75 Å². The van der Waals surface area contributed by atoms with Crippen molar-refractivity contribution in [3.8, 4) is 5.75 Å². The van der Waals surface area contributed by atoms with Crippen molar-refractivity contribution in [2.75, 3.05) is 19.0 Å². The number of rotatable bonds is 7. The molecule has 154 valence electrons. The number of methoxy groups -OCH3 is 1. The lowest BCUT2D eigenvalue weighted by atomic mass is 10.1. The Balaban J connectivity index is 1.28. The van der Waals surface area contributed by atoms with Gasteiger partial charge in [-0.2, -0.15) is 0 Å². The van der Waals surface area contributed by atoms with Gasteiger partial charge in [0.1, 0.15) is 10.8 Å². The SMILES string of the molecule is COc1ccc(CCc2nnc(NC(=O)[C@@H]3CC(=O)N(C4CCCC4)C3)s2)cc1. The molecule has 1 saturated heterocycles. The Kier molecular flexibility index (Phi) is 6.08. The van der Waals surface area contributed by atoms with Gasteiger partial charge < -0.3 is 15.0 Å². The first-order valence-electron chi connectivity index (χ1n) is 10.2. The van der Waals surface area contributed by atoms with E-state index in [1.165, 1.54) is 29.7 Å². The van der Waals surface area contributed by atoms with Crippen LogP contribution >= 0.6 is 11.3 Å². The third kappa shape index (κ3) is 4.75. The van der Waals surface area contributed by atoms with Gasteiger partial charge >= 0.3 is 0 Å². The van der Waals surface area contributed by atoms with Crippen LogP contribution in [0.25, 0.3) is 0 Å². The number of aryl methyl sites for hydroxylation is 2. The van der Waals surface area contributed by atoms with E-state index in [0.29, 0.717) is 24.1 Å². The summed E-state index contributed by atoms with van der Waals surface area (Å²) in [6, 6.07) is 8.29. The van der Waals surface area contributed by atoms with Crippen LogP contribution in [0, 0.1) is 5.92 Å². The second-order valence-electron chi connectivity index (χ2n) is 7.72. The van der Waals surface area contributed by atoms with Gasteiger partial charge in [-0.1, -0.05) is 36.3 Å². The van der Waals surface area contributed by atoms with Crippen molar-refractivity contribution in [3.63, 3.8) is 0 Å². The number of benzene rings is 1. The number of hydrogen-bond acceptors (Lipinski definition) is 6. The summed E-state index contributed by atoms with van der Waals surface area (Å²) in [5, 5.41) is 12.5. The van der Waals surface area contributed by atoms with Gasteiger partial charge in [0.25, 0.3) is 0 Å². The average molecular weight is 415 g/mol. The molecule has 1 atom stereocenters. The van der Waals surface area contributed by atoms with E-state index in [4.69, 9.17) is 4.74 Å². The van der Waals surface area contributed by atoms with Crippen molar-refractivity contribution < 1.29 is 14.3 Å². The monoisotopic (exact) mass is 414 g/mol. The highest BCUT2D eigenvalue weighted by Crippen LogP contribution is 2.30. The van der Waals surface area contributed by atoms with Crippen molar-refractivity contribution in [3.05, 3.63) is 34.8 Å². The zero-order valence-corrected chi connectivity index (χ0v) is 17.4. The van der Waals surface area contributed by atoms with Crippen LogP contribution in [0.3, 0.4) is 0 Å². The molecule has 7 nitrogen and oxygen atoms in total. The van der Waals surface area contributed by atoms with Gasteiger partial charge in [0.15, 0.2) is 0 Å². The first-order valence-corrected chi connectivity index (χ1v) is 11.0. The molecule has 2 aromatic rings. The Morgan fingerprint density at radius 2 is 1.97 bits per heavy atom. The molecule has 2 aliphatic rings. The fraction of sp³-hybridized carbons (Fsp3) is 0.524. The number of carbonyl (C=O) groups excluding carboxylic acids is 2. The van der Waals surface area contributed by atoms with E-state index in [1.54, 1.807) is 7.11 Å². The van der Waals surface area contributed by atoms with Crippen LogP contribution in [-0.4, -0.2) is 46.6 Å². The Morgan fingerprint density at radius 1 is 1.21 bits per heavy atom. The summed E-state index contributed by atoms with van der Waals surface area (Å²) in [6.07, 6.45) is 6.38. The van der Waals surface area contributed by atoms with E-state index >= 15 is 0 Å². The standard InChI is InChI=1S/C21H26N4O3S/c1-28-17-9-6-14(7-10-17)8-11-18-23-24-21(29-18)22-20(27)15-12-19(26)25(13-15)16-4-2-3-5-16/h6-7,9-10,15-16H,2-5,8,11-13H2,1H3,(H,22,24,27)/t15-/m1/s1. The third-order valence-electron chi connectivity index (χ3n) is 5.78. The minimum absolute atomic E-state index is 0.106. The van der Waals surface area contributed by atoms with Crippen LogP contribution in [0.1, 0.15) is 42.7 Å². The molecular weight excluding hydrogens is 388 g/mol. The number of amides is 2. The van der Waals surface area contributed by atoms with Gasteiger partial charge in [-0.25, -0.2) is 0 Å². The molecule has 0 bridgehead atoms. The molecular formula is C21H26N4O3S. The average Bonchev–Trinajstić information content (AvgIpc) is 3.48. The minimum Gasteiger partial charge on any atom is -0.497 e. The first-order chi connectivity index (χ1) is 14.1. The van der Waals surface area contributed by atoms with Crippen molar-refractivity contribution in [2.45, 2.75) is 51.0 Å². The summed E-state index contributed by atoms with van der Waals surface area (Å²) in [5.74, 6) is 0.521. The normalized spacial score (nSPS) is 19.7. The maximum Gasteiger partial charge on any atom is 0.231 e. The summed E-state index contributed by atoms with van der Waals surface area (Å²) in [4.78, 5) is 26.8.